The van der Waals surface area contributed by atoms with Crippen molar-refractivity contribution in [1.29, 1.82) is 0 Å². The number of carbonyl (C=O) groups excluding carboxylic acids is 1. The number of fused-ring (bicyclic) bond motifs is 2. The van der Waals surface area contributed by atoms with Crippen molar-refractivity contribution < 1.29 is 9.53 Å². The molecule has 110 valence electrons. The first-order valence-electron chi connectivity index (χ1n) is 7.57. The van der Waals surface area contributed by atoms with E-state index in [-0.39, 0.29) is 17.9 Å². The quantitative estimate of drug-likeness (QED) is 0.824. The van der Waals surface area contributed by atoms with Crippen molar-refractivity contribution >= 4 is 5.91 Å². The fourth-order valence-electron chi connectivity index (χ4n) is 3.31. The minimum atomic E-state index is 0.0480. The summed E-state index contributed by atoms with van der Waals surface area (Å²) in [6.07, 6.45) is 1.58. The van der Waals surface area contributed by atoms with E-state index in [1.54, 1.807) is 0 Å². The molecular weight excluding hydrogens is 240 g/mol. The van der Waals surface area contributed by atoms with Crippen molar-refractivity contribution in [3.8, 4) is 0 Å². The van der Waals surface area contributed by atoms with Gasteiger partial charge in [0.05, 0.1) is 12.7 Å². The van der Waals surface area contributed by atoms with Crippen LogP contribution in [0.5, 0.6) is 0 Å². The third-order valence-corrected chi connectivity index (χ3v) is 4.54. The molecule has 0 radical (unpaired) electrons. The third kappa shape index (κ3) is 3.11. The summed E-state index contributed by atoms with van der Waals surface area (Å²) in [5.41, 5.74) is 0. The second-order valence-electron chi connectivity index (χ2n) is 6.72. The van der Waals surface area contributed by atoms with E-state index < -0.39 is 0 Å². The van der Waals surface area contributed by atoms with Crippen LogP contribution in [-0.2, 0) is 9.53 Å². The number of amides is 1. The smallest absolute Gasteiger partial charge is 0.222 e. The molecule has 0 aromatic rings. The molecule has 1 N–H and O–H groups in total. The van der Waals surface area contributed by atoms with Crippen molar-refractivity contribution in [2.24, 2.45) is 11.8 Å². The Labute approximate surface area is 116 Å². The summed E-state index contributed by atoms with van der Waals surface area (Å²) in [6, 6.07) is 1.15. The average molecular weight is 268 g/mol. The highest BCUT2D eigenvalue weighted by molar-refractivity contribution is 5.78. The van der Waals surface area contributed by atoms with Gasteiger partial charge in [-0.2, -0.15) is 0 Å². The number of nitrogens with zero attached hydrogens (tertiary/aromatic N) is 1. The number of nitrogens with one attached hydrogen (secondary N) is 1. The highest BCUT2D eigenvalue weighted by atomic mass is 16.5. The molecule has 4 heteroatoms. The average Bonchev–Trinajstić information content (AvgIpc) is 2.96. The molecule has 2 heterocycles. The van der Waals surface area contributed by atoms with E-state index in [9.17, 15) is 4.79 Å². The Morgan fingerprint density at radius 1 is 1.26 bits per heavy atom. The van der Waals surface area contributed by atoms with Crippen LogP contribution >= 0.6 is 0 Å². The molecular formula is C15H28N2O2. The van der Waals surface area contributed by atoms with Crippen LogP contribution in [0.25, 0.3) is 0 Å². The van der Waals surface area contributed by atoms with Gasteiger partial charge in [0.15, 0.2) is 0 Å². The van der Waals surface area contributed by atoms with Gasteiger partial charge in [-0.25, -0.2) is 0 Å². The van der Waals surface area contributed by atoms with Gasteiger partial charge in [-0.3, -0.25) is 9.69 Å². The fourth-order valence-corrected chi connectivity index (χ4v) is 3.31. The topological polar surface area (TPSA) is 41.6 Å². The Morgan fingerprint density at radius 3 is 2.37 bits per heavy atom. The van der Waals surface area contributed by atoms with Crippen LogP contribution in [-0.4, -0.2) is 48.2 Å². The van der Waals surface area contributed by atoms with Crippen molar-refractivity contribution in [3.05, 3.63) is 0 Å². The summed E-state index contributed by atoms with van der Waals surface area (Å²) >= 11 is 0. The van der Waals surface area contributed by atoms with Gasteiger partial charge < -0.3 is 10.1 Å². The molecule has 2 saturated heterocycles. The van der Waals surface area contributed by atoms with Crippen molar-refractivity contribution in [2.75, 3.05) is 13.2 Å². The molecule has 1 amide bonds. The minimum Gasteiger partial charge on any atom is -0.375 e. The van der Waals surface area contributed by atoms with E-state index in [2.05, 4.69) is 31.0 Å². The standard InChI is InChI=1S/C15H28N2O2/c1-9(2)14(16-15(18)10(3)4)11(5)17-7-13-6-12(17)8-19-13/h9-14H,6-8H2,1-5H3,(H,16,18)/t11-,12-,13-,14-/m1/s1. The lowest BCUT2D eigenvalue weighted by atomic mass is 9.95. The van der Waals surface area contributed by atoms with Gasteiger partial charge >= 0.3 is 0 Å². The van der Waals surface area contributed by atoms with E-state index in [0.29, 0.717) is 24.1 Å². The predicted molar refractivity (Wildman–Crippen MR) is 75.9 cm³/mol. The first-order chi connectivity index (χ1) is 8.90. The first-order valence-corrected chi connectivity index (χ1v) is 7.57. The molecule has 0 aromatic carbocycles. The lowest BCUT2D eigenvalue weighted by molar-refractivity contribution is -0.125. The Hall–Kier alpha value is -0.610. The summed E-state index contributed by atoms with van der Waals surface area (Å²) in [4.78, 5) is 14.5. The van der Waals surface area contributed by atoms with Crippen molar-refractivity contribution in [3.63, 3.8) is 0 Å². The van der Waals surface area contributed by atoms with Gasteiger partial charge in [-0.15, -0.1) is 0 Å². The summed E-state index contributed by atoms with van der Waals surface area (Å²) in [5, 5.41) is 3.23. The number of carbonyl (C=O) groups is 1. The van der Waals surface area contributed by atoms with Crippen LogP contribution < -0.4 is 5.32 Å². The molecule has 0 unspecified atom stereocenters. The second kappa shape index (κ2) is 5.80. The zero-order chi connectivity index (χ0) is 14.2. The van der Waals surface area contributed by atoms with Crippen LogP contribution in [0, 0.1) is 11.8 Å². The first kappa shape index (κ1) is 14.8. The number of likely N-dealkylation sites (tertiary alicyclic amines) is 1. The SMILES string of the molecule is CC(C)C(=O)N[C@H](C(C)C)[C@@H](C)N1C[C@H]2C[C@@H]1CO2. The lowest BCUT2D eigenvalue weighted by Gasteiger charge is -2.39. The fraction of sp³-hybridized carbons (Fsp3) is 0.933. The Kier molecular flexibility index (Phi) is 4.51. The predicted octanol–water partition coefficient (Wildman–Crippen LogP) is 1.64. The minimum absolute atomic E-state index is 0.0480. The highest BCUT2D eigenvalue weighted by Crippen LogP contribution is 2.31. The van der Waals surface area contributed by atoms with Crippen LogP contribution in [0.4, 0.5) is 0 Å². The van der Waals surface area contributed by atoms with Crippen LogP contribution in [0.1, 0.15) is 41.0 Å². The van der Waals surface area contributed by atoms with Gasteiger partial charge in [0.1, 0.15) is 0 Å². The number of morpholine rings is 1. The molecule has 0 aliphatic carbocycles. The van der Waals surface area contributed by atoms with E-state index in [4.69, 9.17) is 4.74 Å². The van der Waals surface area contributed by atoms with Crippen molar-refractivity contribution in [2.45, 2.75) is 65.3 Å². The monoisotopic (exact) mass is 268 g/mol. The number of hydrogen-bond acceptors (Lipinski definition) is 3. The zero-order valence-electron chi connectivity index (χ0n) is 12.8. The van der Waals surface area contributed by atoms with E-state index in [1.807, 2.05) is 13.8 Å². The van der Waals surface area contributed by atoms with Gasteiger partial charge in [0.25, 0.3) is 0 Å². The Balaban J connectivity index is 2.00. The lowest BCUT2D eigenvalue weighted by Crippen LogP contribution is -2.56. The molecule has 2 aliphatic heterocycles. The molecule has 4 nitrogen and oxygen atoms in total. The van der Waals surface area contributed by atoms with E-state index in [1.165, 1.54) is 0 Å². The maximum absolute atomic E-state index is 12.0. The molecule has 4 atom stereocenters. The molecule has 19 heavy (non-hydrogen) atoms. The van der Waals surface area contributed by atoms with Crippen LogP contribution in [0.3, 0.4) is 0 Å². The van der Waals surface area contributed by atoms with Gasteiger partial charge in [0.2, 0.25) is 5.91 Å². The largest absolute Gasteiger partial charge is 0.375 e. The van der Waals surface area contributed by atoms with Crippen LogP contribution in [0.2, 0.25) is 0 Å². The highest BCUT2D eigenvalue weighted by Gasteiger charge is 2.43. The summed E-state index contributed by atoms with van der Waals surface area (Å²) in [6.45, 7) is 12.4. The Bertz CT molecular complexity index is 330. The molecule has 0 spiro atoms. The maximum Gasteiger partial charge on any atom is 0.222 e. The molecule has 2 fully saturated rings. The summed E-state index contributed by atoms with van der Waals surface area (Å²) < 4.78 is 5.66. The number of hydrogen-bond donors (Lipinski definition) is 1. The zero-order valence-corrected chi connectivity index (χ0v) is 12.8. The second-order valence-corrected chi connectivity index (χ2v) is 6.72. The third-order valence-electron chi connectivity index (χ3n) is 4.54. The normalized spacial score (nSPS) is 30.1. The van der Waals surface area contributed by atoms with E-state index >= 15 is 0 Å². The van der Waals surface area contributed by atoms with E-state index in [0.717, 1.165) is 19.6 Å². The number of ether oxygens (including phenoxy) is 1. The molecule has 2 bridgehead atoms. The summed E-state index contributed by atoms with van der Waals surface area (Å²) in [5.74, 6) is 0.649. The molecule has 0 saturated carbocycles. The number of rotatable bonds is 5. The molecule has 0 aromatic heterocycles. The summed E-state index contributed by atoms with van der Waals surface area (Å²) in [7, 11) is 0. The Morgan fingerprint density at radius 2 is 1.95 bits per heavy atom. The van der Waals surface area contributed by atoms with Gasteiger partial charge in [0, 0.05) is 30.6 Å². The molecule has 2 rings (SSSR count). The maximum atomic E-state index is 12.0. The van der Waals surface area contributed by atoms with Crippen LogP contribution in [0.15, 0.2) is 0 Å². The molecule has 2 aliphatic rings. The van der Waals surface area contributed by atoms with Crippen molar-refractivity contribution in [1.82, 2.24) is 10.2 Å². The van der Waals surface area contributed by atoms with Gasteiger partial charge in [-0.05, 0) is 19.3 Å². The van der Waals surface area contributed by atoms with Gasteiger partial charge in [-0.1, -0.05) is 27.7 Å².